The number of rotatable bonds is 4. The van der Waals surface area contributed by atoms with Crippen molar-refractivity contribution in [3.63, 3.8) is 0 Å². The van der Waals surface area contributed by atoms with E-state index in [2.05, 4.69) is 0 Å². The van der Waals surface area contributed by atoms with Gasteiger partial charge in [0, 0.05) is 10.7 Å². The third-order valence-corrected chi connectivity index (χ3v) is 2.77. The third kappa shape index (κ3) is 6.59. The van der Waals surface area contributed by atoms with E-state index in [4.69, 9.17) is 22.3 Å². The van der Waals surface area contributed by atoms with Gasteiger partial charge in [-0.15, -0.1) is 11.6 Å². The Morgan fingerprint density at radius 3 is 2.27 bits per heavy atom. The fourth-order valence-electron chi connectivity index (χ4n) is 0.448. The van der Waals surface area contributed by atoms with Crippen LogP contribution in [0.15, 0.2) is 0 Å². The van der Waals surface area contributed by atoms with Gasteiger partial charge in [-0.3, -0.25) is 4.79 Å². The maximum Gasteiger partial charge on any atom is 0.232 e. The quantitative estimate of drug-likeness (QED) is 0.526. The SMILES string of the molecule is CC(=O)C(Cl)CCS(=O)(=O)Cl. The number of Topliss-reactive ketones (excluding diaryl/α,β-unsaturated/α-hetero) is 1. The maximum atomic E-state index is 10.5. The Labute approximate surface area is 75.1 Å². The van der Waals surface area contributed by atoms with Crippen LogP contribution in [-0.2, 0) is 13.8 Å². The Bertz CT molecular complexity index is 234. The predicted octanol–water partition coefficient (Wildman–Crippen LogP) is 1.14. The van der Waals surface area contributed by atoms with Crippen molar-refractivity contribution in [2.45, 2.75) is 18.7 Å². The molecule has 0 aromatic carbocycles. The molecule has 0 saturated heterocycles. The Morgan fingerprint density at radius 2 is 2.00 bits per heavy atom. The van der Waals surface area contributed by atoms with Crippen LogP contribution < -0.4 is 0 Å². The lowest BCUT2D eigenvalue weighted by molar-refractivity contribution is -0.116. The van der Waals surface area contributed by atoms with E-state index in [9.17, 15) is 13.2 Å². The molecule has 0 saturated carbocycles. The van der Waals surface area contributed by atoms with Gasteiger partial charge < -0.3 is 0 Å². The molecule has 0 aromatic heterocycles. The second kappa shape index (κ2) is 4.28. The first-order valence-corrected chi connectivity index (χ1v) is 5.81. The van der Waals surface area contributed by atoms with Crippen LogP contribution in [0.1, 0.15) is 13.3 Å². The maximum absolute atomic E-state index is 10.5. The standard InChI is InChI=1S/C5H8Cl2O3S/c1-4(8)5(6)2-3-11(7,9)10/h5H,2-3H2,1H3. The third-order valence-electron chi connectivity index (χ3n) is 1.06. The minimum absolute atomic E-state index is 0.0721. The fourth-order valence-corrected chi connectivity index (χ4v) is 1.47. The summed E-state index contributed by atoms with van der Waals surface area (Å²) in [6.45, 7) is 1.30. The molecule has 0 aliphatic carbocycles. The summed E-state index contributed by atoms with van der Waals surface area (Å²) >= 11 is 5.45. The minimum atomic E-state index is -3.52. The first kappa shape index (κ1) is 11.2. The molecule has 0 radical (unpaired) electrons. The number of carbonyl (C=O) groups excluding carboxylic acids is 1. The largest absolute Gasteiger partial charge is 0.298 e. The Kier molecular flexibility index (Phi) is 4.36. The molecular weight excluding hydrogens is 211 g/mol. The van der Waals surface area contributed by atoms with Crippen LogP contribution in [0.3, 0.4) is 0 Å². The Balaban J connectivity index is 3.82. The van der Waals surface area contributed by atoms with Crippen molar-refractivity contribution >= 4 is 37.1 Å². The minimum Gasteiger partial charge on any atom is -0.298 e. The molecule has 0 aliphatic heterocycles. The van der Waals surface area contributed by atoms with Gasteiger partial charge in [-0.25, -0.2) is 8.42 Å². The van der Waals surface area contributed by atoms with Crippen molar-refractivity contribution in [3.8, 4) is 0 Å². The zero-order valence-electron chi connectivity index (χ0n) is 5.88. The molecule has 1 atom stereocenters. The molecule has 66 valence electrons. The van der Waals surface area contributed by atoms with Gasteiger partial charge in [0.05, 0.1) is 11.1 Å². The highest BCUT2D eigenvalue weighted by Crippen LogP contribution is 2.07. The first-order valence-electron chi connectivity index (χ1n) is 2.90. The lowest BCUT2D eigenvalue weighted by Gasteiger charge is -2.01. The van der Waals surface area contributed by atoms with Crippen molar-refractivity contribution in [2.75, 3.05) is 5.75 Å². The van der Waals surface area contributed by atoms with Crippen LogP contribution >= 0.6 is 22.3 Å². The molecule has 0 fully saturated rings. The molecule has 3 nitrogen and oxygen atoms in total. The van der Waals surface area contributed by atoms with E-state index in [-0.39, 0.29) is 18.0 Å². The summed E-state index contributed by atoms with van der Waals surface area (Å²) in [5.41, 5.74) is 0. The van der Waals surface area contributed by atoms with E-state index in [0.717, 1.165) is 0 Å². The van der Waals surface area contributed by atoms with Crippen LogP contribution in [0.25, 0.3) is 0 Å². The van der Waals surface area contributed by atoms with Crippen LogP contribution in [0.4, 0.5) is 0 Å². The normalized spacial score (nSPS) is 14.5. The molecule has 0 aliphatic rings. The fraction of sp³-hybridized carbons (Fsp3) is 0.800. The lowest BCUT2D eigenvalue weighted by Crippen LogP contribution is -2.14. The first-order chi connectivity index (χ1) is 4.83. The number of ketones is 1. The highest BCUT2D eigenvalue weighted by atomic mass is 35.7. The number of hydrogen-bond acceptors (Lipinski definition) is 3. The summed E-state index contributed by atoms with van der Waals surface area (Å²) in [5, 5.41) is -0.747. The molecule has 0 aromatic rings. The average Bonchev–Trinajstić information content (AvgIpc) is 1.80. The number of carbonyl (C=O) groups is 1. The number of hydrogen-bond donors (Lipinski definition) is 0. The van der Waals surface area contributed by atoms with E-state index in [1.165, 1.54) is 6.92 Å². The van der Waals surface area contributed by atoms with Gasteiger partial charge in [-0.2, -0.15) is 0 Å². The second-order valence-electron chi connectivity index (χ2n) is 2.11. The monoisotopic (exact) mass is 218 g/mol. The summed E-state index contributed by atoms with van der Waals surface area (Å²) in [5.74, 6) is -0.505. The molecule has 0 amide bonds. The van der Waals surface area contributed by atoms with Gasteiger partial charge in [0.15, 0.2) is 0 Å². The molecule has 1 unspecified atom stereocenters. The van der Waals surface area contributed by atoms with Gasteiger partial charge in [-0.05, 0) is 13.3 Å². The predicted molar refractivity (Wildman–Crippen MR) is 44.6 cm³/mol. The smallest absolute Gasteiger partial charge is 0.232 e. The van der Waals surface area contributed by atoms with Crippen molar-refractivity contribution in [2.24, 2.45) is 0 Å². The van der Waals surface area contributed by atoms with Gasteiger partial charge in [-0.1, -0.05) is 0 Å². The van der Waals surface area contributed by atoms with Crippen LogP contribution in [-0.4, -0.2) is 25.3 Å². The molecule has 0 spiro atoms. The zero-order valence-corrected chi connectivity index (χ0v) is 8.21. The van der Waals surface area contributed by atoms with Crippen molar-refractivity contribution < 1.29 is 13.2 Å². The van der Waals surface area contributed by atoms with E-state index < -0.39 is 14.4 Å². The molecule has 6 heteroatoms. The van der Waals surface area contributed by atoms with E-state index >= 15 is 0 Å². The van der Waals surface area contributed by atoms with Gasteiger partial charge in [0.2, 0.25) is 9.05 Å². The summed E-state index contributed by atoms with van der Waals surface area (Å²) < 4.78 is 20.7. The van der Waals surface area contributed by atoms with Crippen molar-refractivity contribution in [3.05, 3.63) is 0 Å². The van der Waals surface area contributed by atoms with Crippen molar-refractivity contribution in [1.29, 1.82) is 0 Å². The van der Waals surface area contributed by atoms with Crippen LogP contribution in [0, 0.1) is 0 Å². The highest BCUT2D eigenvalue weighted by Gasteiger charge is 2.14. The Hall–Kier alpha value is 0.200. The molecule has 0 rings (SSSR count). The van der Waals surface area contributed by atoms with Gasteiger partial charge in [0.25, 0.3) is 0 Å². The zero-order chi connectivity index (χ0) is 9.07. The summed E-state index contributed by atoms with van der Waals surface area (Å²) in [7, 11) is 1.37. The van der Waals surface area contributed by atoms with Gasteiger partial charge >= 0.3 is 0 Å². The highest BCUT2D eigenvalue weighted by molar-refractivity contribution is 8.13. The van der Waals surface area contributed by atoms with E-state index in [0.29, 0.717) is 0 Å². The summed E-state index contributed by atoms with van der Waals surface area (Å²) in [6.07, 6.45) is 0.0721. The topological polar surface area (TPSA) is 51.2 Å². The molecule has 0 heterocycles. The molecular formula is C5H8Cl2O3S. The second-order valence-corrected chi connectivity index (χ2v) is 5.53. The lowest BCUT2D eigenvalue weighted by atomic mass is 10.2. The summed E-state index contributed by atoms with van der Waals surface area (Å²) in [4.78, 5) is 10.5. The van der Waals surface area contributed by atoms with Gasteiger partial charge in [0.1, 0.15) is 5.78 Å². The van der Waals surface area contributed by atoms with Crippen molar-refractivity contribution in [1.82, 2.24) is 0 Å². The Morgan fingerprint density at radius 1 is 1.55 bits per heavy atom. The van der Waals surface area contributed by atoms with Crippen LogP contribution in [0.2, 0.25) is 0 Å². The molecule has 11 heavy (non-hydrogen) atoms. The molecule has 0 N–H and O–H groups in total. The van der Waals surface area contributed by atoms with E-state index in [1.54, 1.807) is 0 Å². The average molecular weight is 219 g/mol. The van der Waals surface area contributed by atoms with Crippen LogP contribution in [0.5, 0.6) is 0 Å². The molecule has 0 bridgehead atoms. The van der Waals surface area contributed by atoms with E-state index in [1.807, 2.05) is 0 Å². The number of halogens is 2. The number of alkyl halides is 1. The summed E-state index contributed by atoms with van der Waals surface area (Å²) in [6, 6.07) is 0.